The fourth-order valence-corrected chi connectivity index (χ4v) is 2.75. The summed E-state index contributed by atoms with van der Waals surface area (Å²) >= 11 is 0. The Morgan fingerprint density at radius 1 is 1.26 bits per heavy atom. The SMILES string of the molecule is CC(C)(C)OC(=O)N1CC=CC2OC(c3ccccc3)OCC21. The van der Waals surface area contributed by atoms with Crippen LogP contribution in [0.2, 0.25) is 0 Å². The van der Waals surface area contributed by atoms with Crippen molar-refractivity contribution >= 4 is 6.09 Å². The Morgan fingerprint density at radius 3 is 2.70 bits per heavy atom. The van der Waals surface area contributed by atoms with Gasteiger partial charge in [-0.15, -0.1) is 0 Å². The number of carbonyl (C=O) groups is 1. The fourth-order valence-electron chi connectivity index (χ4n) is 2.75. The largest absolute Gasteiger partial charge is 0.444 e. The highest BCUT2D eigenvalue weighted by Gasteiger charge is 2.40. The Hall–Kier alpha value is -1.85. The van der Waals surface area contributed by atoms with E-state index in [-0.39, 0.29) is 18.2 Å². The lowest BCUT2D eigenvalue weighted by Crippen LogP contribution is -2.55. The number of hydrogen-bond acceptors (Lipinski definition) is 4. The van der Waals surface area contributed by atoms with Crippen LogP contribution in [0.15, 0.2) is 42.5 Å². The van der Waals surface area contributed by atoms with E-state index < -0.39 is 11.9 Å². The number of amides is 1. The lowest BCUT2D eigenvalue weighted by atomic mass is 10.0. The molecule has 0 spiro atoms. The van der Waals surface area contributed by atoms with Gasteiger partial charge in [0.05, 0.1) is 12.6 Å². The molecule has 2 heterocycles. The molecule has 5 nitrogen and oxygen atoms in total. The molecule has 0 aromatic heterocycles. The first-order valence-corrected chi connectivity index (χ1v) is 7.92. The van der Waals surface area contributed by atoms with E-state index in [9.17, 15) is 4.79 Å². The molecule has 1 fully saturated rings. The monoisotopic (exact) mass is 317 g/mol. The normalized spacial score (nSPS) is 27.4. The summed E-state index contributed by atoms with van der Waals surface area (Å²) in [6, 6.07) is 9.66. The highest BCUT2D eigenvalue weighted by atomic mass is 16.7. The van der Waals surface area contributed by atoms with Gasteiger partial charge in [0.1, 0.15) is 11.7 Å². The Kier molecular flexibility index (Phi) is 4.41. The van der Waals surface area contributed by atoms with Gasteiger partial charge in [-0.25, -0.2) is 4.79 Å². The van der Waals surface area contributed by atoms with Gasteiger partial charge >= 0.3 is 6.09 Å². The Balaban J connectivity index is 1.70. The highest BCUT2D eigenvalue weighted by Crippen LogP contribution is 2.31. The molecule has 0 aliphatic carbocycles. The Morgan fingerprint density at radius 2 is 2.00 bits per heavy atom. The van der Waals surface area contributed by atoms with Crippen LogP contribution in [0.25, 0.3) is 0 Å². The number of benzene rings is 1. The minimum atomic E-state index is -0.517. The second-order valence-corrected chi connectivity index (χ2v) is 6.80. The summed E-state index contributed by atoms with van der Waals surface area (Å²) in [6.07, 6.45) is 3.03. The number of fused-ring (bicyclic) bond motifs is 1. The number of rotatable bonds is 1. The lowest BCUT2D eigenvalue weighted by molar-refractivity contribution is -0.231. The van der Waals surface area contributed by atoms with Crippen molar-refractivity contribution in [1.29, 1.82) is 0 Å². The minimum Gasteiger partial charge on any atom is -0.444 e. The van der Waals surface area contributed by atoms with Gasteiger partial charge in [-0.3, -0.25) is 4.90 Å². The molecule has 5 heteroatoms. The standard InChI is InChI=1S/C18H23NO4/c1-18(2,3)23-17(20)19-11-7-10-15-14(19)12-21-16(22-15)13-8-5-4-6-9-13/h4-10,14-16H,11-12H2,1-3H3. The second-order valence-electron chi connectivity index (χ2n) is 6.80. The van der Waals surface area contributed by atoms with Crippen LogP contribution in [0.4, 0.5) is 4.79 Å². The summed E-state index contributed by atoms with van der Waals surface area (Å²) < 4.78 is 17.3. The third-order valence-corrected chi connectivity index (χ3v) is 3.81. The van der Waals surface area contributed by atoms with Crippen molar-refractivity contribution in [1.82, 2.24) is 4.90 Å². The number of nitrogens with zero attached hydrogens (tertiary/aromatic N) is 1. The number of ether oxygens (including phenoxy) is 3. The molecular weight excluding hydrogens is 294 g/mol. The predicted octanol–water partition coefficient (Wildman–Crippen LogP) is 3.28. The van der Waals surface area contributed by atoms with Gasteiger partial charge in [0.25, 0.3) is 0 Å². The molecular formula is C18H23NO4. The molecule has 3 unspecified atom stereocenters. The quantitative estimate of drug-likeness (QED) is 0.746. The summed E-state index contributed by atoms with van der Waals surface area (Å²) in [6.45, 7) is 6.52. The van der Waals surface area contributed by atoms with Crippen LogP contribution in [0, 0.1) is 0 Å². The third-order valence-electron chi connectivity index (χ3n) is 3.81. The van der Waals surface area contributed by atoms with Crippen molar-refractivity contribution in [3.8, 4) is 0 Å². The van der Waals surface area contributed by atoms with E-state index in [1.54, 1.807) is 4.90 Å². The van der Waals surface area contributed by atoms with E-state index in [1.165, 1.54) is 0 Å². The zero-order valence-electron chi connectivity index (χ0n) is 13.8. The van der Waals surface area contributed by atoms with Gasteiger partial charge < -0.3 is 14.2 Å². The van der Waals surface area contributed by atoms with Crippen molar-refractivity contribution in [3.63, 3.8) is 0 Å². The maximum atomic E-state index is 12.4. The van der Waals surface area contributed by atoms with Crippen LogP contribution in [0.3, 0.4) is 0 Å². The van der Waals surface area contributed by atoms with E-state index in [4.69, 9.17) is 14.2 Å². The topological polar surface area (TPSA) is 48.0 Å². The zero-order chi connectivity index (χ0) is 16.4. The van der Waals surface area contributed by atoms with Gasteiger partial charge in [-0.2, -0.15) is 0 Å². The molecule has 0 radical (unpaired) electrons. The minimum absolute atomic E-state index is 0.158. The van der Waals surface area contributed by atoms with Crippen molar-refractivity contribution < 1.29 is 19.0 Å². The van der Waals surface area contributed by atoms with Gasteiger partial charge in [-0.05, 0) is 20.8 Å². The van der Waals surface area contributed by atoms with Crippen LogP contribution >= 0.6 is 0 Å². The zero-order valence-corrected chi connectivity index (χ0v) is 13.8. The summed E-state index contributed by atoms with van der Waals surface area (Å²) in [4.78, 5) is 14.1. The van der Waals surface area contributed by atoms with Gasteiger partial charge in [0.2, 0.25) is 0 Å². The predicted molar refractivity (Wildman–Crippen MR) is 85.9 cm³/mol. The fraction of sp³-hybridized carbons (Fsp3) is 0.500. The van der Waals surface area contributed by atoms with E-state index >= 15 is 0 Å². The molecule has 1 amide bonds. The first-order chi connectivity index (χ1) is 10.9. The van der Waals surface area contributed by atoms with Crippen molar-refractivity contribution in [2.75, 3.05) is 13.2 Å². The molecule has 2 aliphatic heterocycles. The van der Waals surface area contributed by atoms with Crippen LogP contribution in [0.5, 0.6) is 0 Å². The smallest absolute Gasteiger partial charge is 0.411 e. The number of carbonyl (C=O) groups excluding carboxylic acids is 1. The van der Waals surface area contributed by atoms with Crippen molar-refractivity contribution in [3.05, 3.63) is 48.0 Å². The first-order valence-electron chi connectivity index (χ1n) is 7.92. The van der Waals surface area contributed by atoms with Gasteiger partial charge in [-0.1, -0.05) is 42.5 Å². The average molecular weight is 317 g/mol. The summed E-state index contributed by atoms with van der Waals surface area (Å²) in [5, 5.41) is 0. The van der Waals surface area contributed by atoms with Crippen molar-refractivity contribution in [2.24, 2.45) is 0 Å². The molecule has 2 aliphatic rings. The Bertz CT molecular complexity index is 578. The number of hydrogen-bond donors (Lipinski definition) is 0. The van der Waals surface area contributed by atoms with Gasteiger partial charge in [0, 0.05) is 12.1 Å². The van der Waals surface area contributed by atoms with Crippen LogP contribution in [-0.2, 0) is 14.2 Å². The van der Waals surface area contributed by atoms with Gasteiger partial charge in [0.15, 0.2) is 6.29 Å². The molecule has 0 bridgehead atoms. The van der Waals surface area contributed by atoms with E-state index in [2.05, 4.69) is 0 Å². The third kappa shape index (κ3) is 3.74. The molecule has 3 atom stereocenters. The highest BCUT2D eigenvalue weighted by molar-refractivity contribution is 5.69. The maximum Gasteiger partial charge on any atom is 0.411 e. The van der Waals surface area contributed by atoms with Crippen molar-refractivity contribution in [2.45, 2.75) is 44.8 Å². The van der Waals surface area contributed by atoms with E-state index in [0.717, 1.165) is 5.56 Å². The molecule has 0 saturated carbocycles. The van der Waals surface area contributed by atoms with E-state index in [1.807, 2.05) is 63.3 Å². The molecule has 124 valence electrons. The summed E-state index contributed by atoms with van der Waals surface area (Å²) in [5.74, 6) is 0. The molecule has 1 saturated heterocycles. The molecule has 3 rings (SSSR count). The summed E-state index contributed by atoms with van der Waals surface area (Å²) in [7, 11) is 0. The van der Waals surface area contributed by atoms with Crippen LogP contribution in [0.1, 0.15) is 32.6 Å². The molecule has 1 aromatic carbocycles. The van der Waals surface area contributed by atoms with Crippen LogP contribution < -0.4 is 0 Å². The van der Waals surface area contributed by atoms with E-state index in [0.29, 0.717) is 13.2 Å². The molecule has 0 N–H and O–H groups in total. The summed E-state index contributed by atoms with van der Waals surface area (Å²) in [5.41, 5.74) is 0.463. The Labute approximate surface area is 136 Å². The second kappa shape index (κ2) is 6.34. The molecule has 1 aromatic rings. The molecule has 23 heavy (non-hydrogen) atoms. The maximum absolute atomic E-state index is 12.4. The lowest BCUT2D eigenvalue weighted by Gasteiger charge is -2.43. The van der Waals surface area contributed by atoms with Crippen LogP contribution in [-0.4, -0.2) is 41.9 Å². The first kappa shape index (κ1) is 16.0. The average Bonchev–Trinajstić information content (AvgIpc) is 2.53.